The first-order valence-corrected chi connectivity index (χ1v) is 19.9. The lowest BCUT2D eigenvalue weighted by Gasteiger charge is -2.21. The zero-order valence-electron chi connectivity index (χ0n) is 31.8. The average molecular weight is 873 g/mol. The lowest BCUT2D eigenvalue weighted by atomic mass is 10.0. The summed E-state index contributed by atoms with van der Waals surface area (Å²) in [7, 11) is 0. The fourth-order valence-corrected chi connectivity index (χ4v) is 7.12. The Bertz CT molecular complexity index is 2940. The van der Waals surface area contributed by atoms with Gasteiger partial charge in [0, 0.05) is 57.1 Å². The van der Waals surface area contributed by atoms with Gasteiger partial charge in [0.2, 0.25) is 0 Å². The van der Waals surface area contributed by atoms with Crippen molar-refractivity contribution in [3.8, 4) is 0 Å². The number of aromatic amines is 1. The summed E-state index contributed by atoms with van der Waals surface area (Å²) in [5, 5.41) is 18.4. The predicted molar refractivity (Wildman–Crippen MR) is 235 cm³/mol. The zero-order chi connectivity index (χ0) is 42.5. The number of nitrogens with two attached hydrogens (primary N) is 1. The van der Waals surface area contributed by atoms with E-state index >= 15 is 0 Å². The van der Waals surface area contributed by atoms with Crippen molar-refractivity contribution in [1.29, 1.82) is 0 Å². The molecule has 0 spiro atoms. The van der Waals surface area contributed by atoms with E-state index in [0.29, 0.717) is 27.4 Å². The molecular formula is C42H32Cl3N13O3. The molecule has 0 saturated carbocycles. The van der Waals surface area contributed by atoms with E-state index in [1.54, 1.807) is 18.2 Å². The number of carbonyl (C=O) groups excluding carboxylic acids is 3. The summed E-state index contributed by atoms with van der Waals surface area (Å²) in [5.74, 6) is 0.269. The van der Waals surface area contributed by atoms with E-state index in [4.69, 9.17) is 40.5 Å². The Balaban J connectivity index is 0.000000173. The number of nitrogens with zero attached hydrogens (tertiary/aromatic N) is 9. The van der Waals surface area contributed by atoms with E-state index in [1.165, 1.54) is 30.2 Å². The molecule has 4 aromatic carbocycles. The number of nitrogens with one attached hydrogen (secondary N) is 3. The maximum atomic E-state index is 13.1. The number of fused-ring (bicyclic) bond motifs is 3. The molecule has 2 aliphatic rings. The first-order chi connectivity index (χ1) is 29.6. The monoisotopic (exact) mass is 871 g/mol. The van der Waals surface area contributed by atoms with Crippen LogP contribution in [-0.2, 0) is 22.4 Å². The van der Waals surface area contributed by atoms with Gasteiger partial charge in [-0.15, -0.1) is 16.7 Å². The molecule has 5 heterocycles. The average Bonchev–Trinajstić information content (AvgIpc) is 3.90. The van der Waals surface area contributed by atoms with Crippen LogP contribution in [0.1, 0.15) is 21.6 Å². The maximum absolute atomic E-state index is 13.1. The van der Waals surface area contributed by atoms with Gasteiger partial charge < -0.3 is 21.4 Å². The fourth-order valence-electron chi connectivity index (χ4n) is 6.58. The molecular weight excluding hydrogens is 841 g/mol. The summed E-state index contributed by atoms with van der Waals surface area (Å²) in [6, 6.07) is 25.8. The second-order valence-electron chi connectivity index (χ2n) is 13.6. The molecule has 5 N–H and O–H groups in total. The van der Waals surface area contributed by atoms with Crippen LogP contribution in [0.2, 0.25) is 10.0 Å². The van der Waals surface area contributed by atoms with Crippen molar-refractivity contribution in [2.75, 3.05) is 28.8 Å². The van der Waals surface area contributed by atoms with Gasteiger partial charge in [-0.25, -0.2) is 29.9 Å². The van der Waals surface area contributed by atoms with E-state index in [2.05, 4.69) is 55.9 Å². The summed E-state index contributed by atoms with van der Waals surface area (Å²) >= 11 is 17.8. The number of amides is 1. The van der Waals surface area contributed by atoms with Crippen molar-refractivity contribution in [2.24, 2.45) is 21.2 Å². The van der Waals surface area contributed by atoms with Gasteiger partial charge >= 0.3 is 0 Å². The van der Waals surface area contributed by atoms with Gasteiger partial charge in [0.05, 0.1) is 23.9 Å². The molecule has 61 heavy (non-hydrogen) atoms. The number of H-pyrrole nitrogens is 1. The number of halogens is 3. The molecule has 1 unspecified atom stereocenters. The van der Waals surface area contributed by atoms with Crippen molar-refractivity contribution < 1.29 is 14.4 Å². The van der Waals surface area contributed by atoms with Gasteiger partial charge in [-0.3, -0.25) is 19.4 Å². The largest absolute Gasteiger partial charge is 0.382 e. The number of aromatic nitrogens is 6. The highest BCUT2D eigenvalue weighted by Crippen LogP contribution is 2.32. The molecule has 2 aliphatic heterocycles. The van der Waals surface area contributed by atoms with Crippen LogP contribution in [0.4, 0.5) is 28.8 Å². The second-order valence-corrected chi connectivity index (χ2v) is 14.9. The molecule has 16 nitrogen and oxygen atoms in total. The minimum Gasteiger partial charge on any atom is -0.382 e. The van der Waals surface area contributed by atoms with Crippen LogP contribution in [0.5, 0.6) is 0 Å². The smallest absolute Gasteiger partial charge is 0.258 e. The van der Waals surface area contributed by atoms with Gasteiger partial charge in [0.25, 0.3) is 5.91 Å². The van der Waals surface area contributed by atoms with Gasteiger partial charge in [-0.1, -0.05) is 52.7 Å². The molecule has 9 rings (SSSR count). The number of aliphatic imine (C=N–C) groups is 1. The highest BCUT2D eigenvalue weighted by molar-refractivity contribution is 6.31. The van der Waals surface area contributed by atoms with E-state index in [1.807, 2.05) is 66.7 Å². The quantitative estimate of drug-likeness (QED) is 0.0676. The van der Waals surface area contributed by atoms with Gasteiger partial charge in [-0.2, -0.15) is 0 Å². The summed E-state index contributed by atoms with van der Waals surface area (Å²) in [5.41, 5.74) is 11.1. The van der Waals surface area contributed by atoms with Crippen LogP contribution in [0.25, 0.3) is 21.8 Å². The number of Topliss-reactive ketones (excluding diaryl/α,β-unsaturated/α-hetero) is 2. The number of rotatable bonds is 12. The molecule has 304 valence electrons. The van der Waals surface area contributed by atoms with E-state index < -0.39 is 5.92 Å². The van der Waals surface area contributed by atoms with E-state index in [-0.39, 0.29) is 60.0 Å². The zero-order valence-corrected chi connectivity index (χ0v) is 34.0. The number of benzene rings is 4. The summed E-state index contributed by atoms with van der Waals surface area (Å²) < 4.78 is 0. The number of alkyl halides is 1. The van der Waals surface area contributed by atoms with Crippen molar-refractivity contribution in [3.05, 3.63) is 142 Å². The number of allylic oxidation sites excluding steroid dienone is 1. The van der Waals surface area contributed by atoms with Crippen molar-refractivity contribution >= 4 is 109 Å². The van der Waals surface area contributed by atoms with Crippen LogP contribution < -0.4 is 16.4 Å². The first-order valence-electron chi connectivity index (χ1n) is 18.6. The lowest BCUT2D eigenvalue weighted by molar-refractivity contribution is -0.133. The maximum Gasteiger partial charge on any atom is 0.258 e. The van der Waals surface area contributed by atoms with E-state index in [9.17, 15) is 14.4 Å². The number of hydrogen-bond donors (Lipinski definition) is 4. The van der Waals surface area contributed by atoms with Crippen molar-refractivity contribution in [3.63, 3.8) is 0 Å². The molecule has 19 heteroatoms. The molecule has 1 amide bonds. The minimum absolute atomic E-state index is 0.0689. The Hall–Kier alpha value is -7.14. The fraction of sp³-hybridized carbons (Fsp3) is 0.119. The molecule has 1 atom stereocenters. The van der Waals surface area contributed by atoms with Crippen LogP contribution in [0.3, 0.4) is 0 Å². The van der Waals surface area contributed by atoms with Gasteiger partial charge in [0.15, 0.2) is 17.4 Å². The lowest BCUT2D eigenvalue weighted by Crippen LogP contribution is -2.36. The van der Waals surface area contributed by atoms with E-state index in [0.717, 1.165) is 44.3 Å². The first kappa shape index (κ1) is 40.6. The summed E-state index contributed by atoms with van der Waals surface area (Å²) in [6.07, 6.45) is 6.06. The number of anilines is 5. The Kier molecular flexibility index (Phi) is 12.0. The van der Waals surface area contributed by atoms with Crippen molar-refractivity contribution in [1.82, 2.24) is 34.9 Å². The van der Waals surface area contributed by atoms with Crippen LogP contribution in [0, 0.1) is 5.92 Å². The standard InChI is InChI=1S/C23H17Cl2N7O2.C19H15ClN6O/c24-6-7-32-23(34)17-11-26-21(20(17)30-31-32)19(33)9-13-4-5-18-16(8-13)22(28-12-27-18)29-15-3-1-2-14(25)10-15;20-12-2-1-3-13(8-12)26-19-14-6-11(4-5-15(14)22-9-25-19)7-16(27)17-18(21)24-10-23-17/h1-5,8,10-12,17H,6-7,9H2,(H,27,28,29);1-6,8-10H,7,21H2,(H,23,24)(H,22,25,26). The number of imidazole rings is 1. The molecule has 0 aliphatic carbocycles. The molecule has 0 fully saturated rings. The Morgan fingerprint density at radius 2 is 1.34 bits per heavy atom. The third-order valence-corrected chi connectivity index (χ3v) is 10.1. The third-order valence-electron chi connectivity index (χ3n) is 9.48. The predicted octanol–water partition coefficient (Wildman–Crippen LogP) is 8.26. The Labute approximate surface area is 362 Å². The third kappa shape index (κ3) is 9.21. The Morgan fingerprint density at radius 3 is 1.89 bits per heavy atom. The molecule has 7 aromatic rings. The Morgan fingerprint density at radius 1 is 0.754 bits per heavy atom. The molecule has 0 bridgehead atoms. The summed E-state index contributed by atoms with van der Waals surface area (Å²) in [6.45, 7) is 0.246. The number of carbonyl (C=O) groups is 3. The molecule has 0 radical (unpaired) electrons. The van der Waals surface area contributed by atoms with Gasteiger partial charge in [0.1, 0.15) is 47.3 Å². The van der Waals surface area contributed by atoms with Crippen molar-refractivity contribution in [2.45, 2.75) is 12.8 Å². The number of hydrogen-bond acceptors (Lipinski definition) is 14. The van der Waals surface area contributed by atoms with Crippen LogP contribution >= 0.6 is 34.8 Å². The highest BCUT2D eigenvalue weighted by atomic mass is 35.5. The number of ketones is 2. The second kappa shape index (κ2) is 18.0. The van der Waals surface area contributed by atoms with Gasteiger partial charge in [-0.05, 0) is 71.8 Å². The van der Waals surface area contributed by atoms with Crippen LogP contribution in [-0.4, -0.2) is 71.0 Å². The normalized spacial score (nSPS) is 14.2. The topological polar surface area (TPSA) is 222 Å². The molecule has 0 saturated heterocycles. The van der Waals surface area contributed by atoms with Crippen LogP contribution in [0.15, 0.2) is 131 Å². The molecule has 3 aromatic heterocycles. The summed E-state index contributed by atoms with van der Waals surface area (Å²) in [4.78, 5) is 66.1. The highest BCUT2D eigenvalue weighted by Gasteiger charge is 2.37. The number of nitrogen functional groups attached to an aromatic ring is 1. The SMILES string of the molecule is Nc1nc[nH]c1C(=O)Cc1ccc2ncnc(Nc3cccc(Cl)c3)c2c1.O=C(Cc1ccc2ncnc(Nc3cccc(Cl)c3)c2c1)C1=C2N=NN(CCCl)C(=O)C2C=N1. The minimum atomic E-state index is -0.710.